The van der Waals surface area contributed by atoms with E-state index in [1.165, 1.54) is 45.3 Å². The number of rotatable bonds is 36. The van der Waals surface area contributed by atoms with Gasteiger partial charge in [-0.25, -0.2) is 30.4 Å². The molecule has 4 aromatic carbocycles. The van der Waals surface area contributed by atoms with Crippen LogP contribution in [0.2, 0.25) is 17.3 Å². The summed E-state index contributed by atoms with van der Waals surface area (Å²) in [4.78, 5) is 116. The Morgan fingerprint density at radius 3 is 1.02 bits per heavy atom. The van der Waals surface area contributed by atoms with E-state index in [0.29, 0.717) is 127 Å². The number of unbranched alkanes of at least 4 members (excludes halogenated alkanes) is 1. The minimum absolute atomic E-state index is 0.0142. The first-order valence-corrected chi connectivity index (χ1v) is 41.5. The minimum Gasteiger partial charge on any atom is -0.444 e. The van der Waals surface area contributed by atoms with Crippen molar-refractivity contribution >= 4 is 191 Å². The molecule has 0 bridgehead atoms. The molecule has 12 rings (SSSR count). The van der Waals surface area contributed by atoms with E-state index >= 15 is 0 Å². The van der Waals surface area contributed by atoms with Crippen LogP contribution in [0.1, 0.15) is 110 Å². The molecule has 26 nitrogen and oxygen atoms in total. The van der Waals surface area contributed by atoms with Gasteiger partial charge in [-0.2, -0.15) is 0 Å². The van der Waals surface area contributed by atoms with Crippen LogP contribution in [-0.2, 0) is 23.7 Å². The number of Topliss-reactive ketones (excluding diaryl/α,β-unsaturated/α-hetero) is 4. The van der Waals surface area contributed by atoms with E-state index in [1.54, 1.807) is 73.1 Å². The maximum absolute atomic E-state index is 12.3. The number of nitrogens with two attached hydrogens (primary N) is 1. The van der Waals surface area contributed by atoms with Gasteiger partial charge in [0.25, 0.3) is 0 Å². The van der Waals surface area contributed by atoms with Crippen LogP contribution in [0.15, 0.2) is 146 Å². The van der Waals surface area contributed by atoms with Crippen molar-refractivity contribution in [2.75, 3.05) is 141 Å². The summed E-state index contributed by atoms with van der Waals surface area (Å²) >= 11 is 28.5. The summed E-state index contributed by atoms with van der Waals surface area (Å²) in [5.41, 5.74) is 10.1. The van der Waals surface area contributed by atoms with E-state index in [2.05, 4.69) is 32.0 Å². The van der Waals surface area contributed by atoms with Crippen molar-refractivity contribution in [3.05, 3.63) is 182 Å². The Hall–Kier alpha value is -8.73. The highest BCUT2D eigenvalue weighted by Crippen LogP contribution is 2.34. The number of carbonyl (C=O) groups excluding carboxylic acids is 9. The lowest BCUT2D eigenvalue weighted by Gasteiger charge is -2.24. The maximum Gasteiger partial charge on any atom is 0.414 e. The number of cyclic esters (lactones) is 4. The zero-order chi connectivity index (χ0) is 81.3. The third-order valence-electron chi connectivity index (χ3n) is 17.8. The zero-order valence-electron chi connectivity index (χ0n) is 63.6. The SMILES string of the molecule is CCCC=O.CNCCN(N)c1ccc(N2C[C@H](CCC(=O)c3ccc(Cl)s3)OC2=O)cc1.CNCCN(NC)c1ccc(N2C[C@H](CCC(=O)c3ccc(Cl)s3)OC2=O)cc1.CNCCNc1ccc(N2C[C@H](CCC(=O)c3ccc(Cl)s3)OC2=O)cc1.CNc1ccc(N2C[C@H](CCC(=O)c3ccc(Cl)s3)OC2=O)cc1. The van der Waals surface area contributed by atoms with Crippen LogP contribution in [0.3, 0.4) is 0 Å². The predicted molar refractivity (Wildman–Crippen MR) is 457 cm³/mol. The van der Waals surface area contributed by atoms with E-state index in [4.69, 9.17) is 71.2 Å². The standard InChI is InChI=1S/C20H25ClN4O3S.C19H23ClN4O3S.C19H22ClN3O3S.C17H17ClN2O3S.C4H8O/c1-22-11-12-25(23-2)15-5-3-14(4-6-15)24-13-16(28-20(24)27)7-8-17(26)18-9-10-19(21)29-18;1-22-10-11-24(21)14-4-2-13(3-5-14)23-12-15(27-19(23)26)6-7-16(25)17-8-9-18(20)28-17;1-21-10-11-22-13-2-4-14(5-3-13)23-12-15(26-19(23)25)6-7-16(24)17-8-9-18(20)27-17;1-19-11-2-4-12(5-3-11)20-10-13(23-17(20)22)6-7-14(21)15-8-9-16(18)24-15;1-2-3-4-5/h3-6,9-10,16,22-23H,7-8,11-13H2,1-2H3;2-5,8-9,15,22H,6-7,10-12,21H2,1H3;2-5,8-9,15,21-22H,6-7,10-12H2,1H3;2-5,8-9,13,19H,6-7,10H2,1H3;4H,2-3H2,1H3/t16-;2*15-;13-;/m0000./s1. The van der Waals surface area contributed by atoms with Gasteiger partial charge < -0.3 is 60.3 Å². The van der Waals surface area contributed by atoms with Gasteiger partial charge in [-0.3, -0.25) is 38.8 Å². The number of halogens is 4. The Balaban J connectivity index is 0.000000185. The lowest BCUT2D eigenvalue weighted by atomic mass is 10.1. The number of anilines is 8. The molecule has 606 valence electrons. The van der Waals surface area contributed by atoms with E-state index in [9.17, 15) is 43.2 Å². The monoisotopic (exact) mass is 1700 g/mol. The van der Waals surface area contributed by atoms with Crippen LogP contribution in [0.5, 0.6) is 0 Å². The quantitative estimate of drug-likeness (QED) is 0.00479. The van der Waals surface area contributed by atoms with Gasteiger partial charge in [0.1, 0.15) is 30.7 Å². The van der Waals surface area contributed by atoms with E-state index < -0.39 is 6.09 Å². The maximum atomic E-state index is 12.3. The molecular formula is C79H95Cl4N13O13S4. The second-order valence-electron chi connectivity index (χ2n) is 25.9. The first-order valence-electron chi connectivity index (χ1n) is 36.8. The number of likely N-dealkylation sites (N-methyl/N-ethyl adjacent to an activating group) is 3. The zero-order valence-corrected chi connectivity index (χ0v) is 69.9. The molecule has 4 amide bonds. The number of aldehydes is 1. The van der Waals surface area contributed by atoms with Gasteiger partial charge in [0.05, 0.1) is 74.4 Å². The summed E-state index contributed by atoms with van der Waals surface area (Å²) in [5, 5.41) is 19.2. The highest BCUT2D eigenvalue weighted by molar-refractivity contribution is 7.19. The molecule has 113 heavy (non-hydrogen) atoms. The molecule has 8 N–H and O–H groups in total. The molecule has 0 aliphatic carbocycles. The number of hydrazine groups is 2. The normalized spacial score (nSPS) is 16.1. The van der Waals surface area contributed by atoms with Crippen LogP contribution in [-0.4, -0.2) is 179 Å². The number of benzene rings is 4. The van der Waals surface area contributed by atoms with E-state index in [1.807, 2.05) is 144 Å². The second-order valence-corrected chi connectivity index (χ2v) is 32.7. The van der Waals surface area contributed by atoms with Crippen molar-refractivity contribution in [1.29, 1.82) is 0 Å². The van der Waals surface area contributed by atoms with Crippen LogP contribution in [0, 0.1) is 0 Å². The molecule has 4 saturated heterocycles. The van der Waals surface area contributed by atoms with Crippen LogP contribution in [0.25, 0.3) is 0 Å². The Morgan fingerprint density at radius 2 is 0.743 bits per heavy atom. The topological polar surface area (TPSA) is 308 Å². The van der Waals surface area contributed by atoms with Crippen molar-refractivity contribution in [3.8, 4) is 0 Å². The van der Waals surface area contributed by atoms with Crippen LogP contribution < -0.4 is 67.5 Å². The fraction of sp³-hybridized carbons (Fsp3) is 0.380. The molecule has 8 heterocycles. The molecule has 4 aliphatic rings. The summed E-state index contributed by atoms with van der Waals surface area (Å²) in [6.45, 7) is 8.54. The summed E-state index contributed by atoms with van der Waals surface area (Å²) < 4.78 is 24.0. The fourth-order valence-corrected chi connectivity index (χ4v) is 15.7. The smallest absolute Gasteiger partial charge is 0.414 e. The molecule has 4 aliphatic heterocycles. The first kappa shape index (κ1) is 89.8. The fourth-order valence-electron chi connectivity index (χ4n) is 11.7. The molecule has 4 atom stereocenters. The van der Waals surface area contributed by atoms with Crippen LogP contribution in [0.4, 0.5) is 64.7 Å². The first-order chi connectivity index (χ1) is 54.5. The lowest BCUT2D eigenvalue weighted by molar-refractivity contribution is -0.107. The number of nitrogens with zero attached hydrogens (tertiary/aromatic N) is 6. The molecule has 0 radical (unpaired) electrons. The number of carbonyl (C=O) groups is 9. The average molecular weight is 1700 g/mol. The Labute approximate surface area is 694 Å². The molecule has 0 spiro atoms. The third kappa shape index (κ3) is 28.1. The number of amides is 4. The summed E-state index contributed by atoms with van der Waals surface area (Å²) in [6, 6.07) is 44.1. The molecule has 8 aromatic rings. The number of hydrogen-bond donors (Lipinski definition) is 7. The van der Waals surface area contributed by atoms with Gasteiger partial charge in [0, 0.05) is 120 Å². The van der Waals surface area contributed by atoms with E-state index in [-0.39, 0.29) is 65.8 Å². The van der Waals surface area contributed by atoms with E-state index in [0.717, 1.165) is 90.9 Å². The number of ketones is 4. The van der Waals surface area contributed by atoms with Crippen molar-refractivity contribution in [3.63, 3.8) is 0 Å². The van der Waals surface area contributed by atoms with Crippen molar-refractivity contribution in [2.45, 2.75) is 95.5 Å². The second kappa shape index (κ2) is 46.6. The highest BCUT2D eigenvalue weighted by Gasteiger charge is 2.37. The molecule has 4 fully saturated rings. The van der Waals surface area contributed by atoms with Gasteiger partial charge in [0.15, 0.2) is 23.1 Å². The predicted octanol–water partition coefficient (Wildman–Crippen LogP) is 16.3. The molecule has 34 heteroatoms. The van der Waals surface area contributed by atoms with Gasteiger partial charge in [-0.1, -0.05) is 53.3 Å². The van der Waals surface area contributed by atoms with Crippen LogP contribution >= 0.6 is 91.8 Å². The molecule has 0 saturated carbocycles. The number of ether oxygens (including phenoxy) is 4. The van der Waals surface area contributed by atoms with Crippen molar-refractivity contribution in [1.82, 2.24) is 21.4 Å². The molecular weight excluding hydrogens is 1610 g/mol. The minimum atomic E-state index is -0.399. The lowest BCUT2D eigenvalue weighted by Crippen LogP contribution is -2.39. The number of hydrogen-bond acceptors (Lipinski definition) is 26. The highest BCUT2D eigenvalue weighted by atomic mass is 35.5. The number of thiophene rings is 4. The van der Waals surface area contributed by atoms with Gasteiger partial charge >= 0.3 is 24.4 Å². The summed E-state index contributed by atoms with van der Waals surface area (Å²) in [6.07, 6.45) is 3.20. The third-order valence-corrected chi connectivity index (χ3v) is 22.9. The van der Waals surface area contributed by atoms with Gasteiger partial charge in [0.2, 0.25) is 0 Å². The number of nitrogens with one attached hydrogen (secondary N) is 6. The van der Waals surface area contributed by atoms with Crippen molar-refractivity contribution in [2.24, 2.45) is 5.84 Å². The molecule has 0 unspecified atom stereocenters. The van der Waals surface area contributed by atoms with Crippen molar-refractivity contribution < 1.29 is 62.1 Å². The summed E-state index contributed by atoms with van der Waals surface area (Å²) in [7, 11) is 9.40. The largest absolute Gasteiger partial charge is 0.444 e. The molecule has 4 aromatic heterocycles. The Morgan fingerprint density at radius 1 is 0.434 bits per heavy atom. The van der Waals surface area contributed by atoms with Gasteiger partial charge in [-0.15, -0.1) is 45.3 Å². The Bertz CT molecular complexity index is 4380. The Kier molecular flexibility index (Phi) is 37.0. The summed E-state index contributed by atoms with van der Waals surface area (Å²) in [5.74, 6) is 6.09. The average Bonchev–Trinajstić information content (AvgIpc) is 1.71. The van der Waals surface area contributed by atoms with Gasteiger partial charge in [-0.05, 0) is 199 Å².